The zero-order valence-electron chi connectivity index (χ0n) is 19.9. The lowest BCUT2D eigenvalue weighted by molar-refractivity contribution is -0.148. The minimum absolute atomic E-state index is 0.0611. The van der Waals surface area contributed by atoms with E-state index in [1.165, 1.54) is 0 Å². The summed E-state index contributed by atoms with van der Waals surface area (Å²) in [7, 11) is 0. The molecule has 35 heavy (non-hydrogen) atoms. The first-order chi connectivity index (χ1) is 17.0. The molecule has 1 unspecified atom stereocenters. The van der Waals surface area contributed by atoms with Gasteiger partial charge in [-0.1, -0.05) is 68.3 Å². The second-order valence-electron chi connectivity index (χ2n) is 9.04. The molecule has 8 nitrogen and oxygen atoms in total. The quantitative estimate of drug-likeness (QED) is 0.566. The van der Waals surface area contributed by atoms with E-state index < -0.39 is 24.2 Å². The Kier molecular flexibility index (Phi) is 8.02. The van der Waals surface area contributed by atoms with Crippen molar-refractivity contribution in [2.24, 2.45) is 0 Å². The van der Waals surface area contributed by atoms with Crippen LogP contribution in [0.5, 0.6) is 0 Å². The number of morpholine rings is 1. The van der Waals surface area contributed by atoms with Gasteiger partial charge in [-0.2, -0.15) is 0 Å². The zero-order valence-corrected chi connectivity index (χ0v) is 19.9. The number of aliphatic carboxylic acids is 1. The van der Waals surface area contributed by atoms with Crippen molar-refractivity contribution in [3.05, 3.63) is 59.7 Å². The molecule has 0 aromatic heterocycles. The summed E-state index contributed by atoms with van der Waals surface area (Å²) < 4.78 is 11.1. The fourth-order valence-electron chi connectivity index (χ4n) is 4.91. The molecule has 2 amide bonds. The van der Waals surface area contributed by atoms with Crippen LogP contribution in [0.2, 0.25) is 0 Å². The lowest BCUT2D eigenvalue weighted by Gasteiger charge is -2.34. The fourth-order valence-corrected chi connectivity index (χ4v) is 4.91. The fraction of sp³-hybridized carbons (Fsp3) is 0.444. The van der Waals surface area contributed by atoms with Gasteiger partial charge in [-0.3, -0.25) is 9.59 Å². The van der Waals surface area contributed by atoms with Crippen molar-refractivity contribution >= 4 is 18.0 Å². The Morgan fingerprint density at radius 1 is 1.11 bits per heavy atom. The van der Waals surface area contributed by atoms with E-state index in [1.54, 1.807) is 4.90 Å². The number of carboxylic acids is 1. The number of carboxylic acid groups (broad SMARTS) is 1. The van der Waals surface area contributed by atoms with Crippen molar-refractivity contribution in [2.45, 2.75) is 50.7 Å². The van der Waals surface area contributed by atoms with Crippen molar-refractivity contribution in [1.82, 2.24) is 10.2 Å². The Labute approximate surface area is 205 Å². The van der Waals surface area contributed by atoms with Crippen molar-refractivity contribution in [2.75, 3.05) is 26.3 Å². The molecule has 186 valence electrons. The molecule has 0 bridgehead atoms. The molecule has 1 fully saturated rings. The molecule has 1 heterocycles. The highest BCUT2D eigenvalue weighted by atomic mass is 16.5. The maximum Gasteiger partial charge on any atom is 0.407 e. The van der Waals surface area contributed by atoms with Gasteiger partial charge in [0.05, 0.1) is 19.1 Å². The molecule has 2 N–H and O–H groups in total. The number of amides is 2. The van der Waals surface area contributed by atoms with Gasteiger partial charge in [0.2, 0.25) is 5.91 Å². The van der Waals surface area contributed by atoms with Crippen LogP contribution in [-0.4, -0.2) is 66.4 Å². The van der Waals surface area contributed by atoms with E-state index in [0.29, 0.717) is 13.0 Å². The van der Waals surface area contributed by atoms with E-state index in [2.05, 4.69) is 29.6 Å². The van der Waals surface area contributed by atoms with Gasteiger partial charge >= 0.3 is 12.1 Å². The van der Waals surface area contributed by atoms with E-state index in [0.717, 1.165) is 35.1 Å². The Morgan fingerprint density at radius 3 is 2.40 bits per heavy atom. The van der Waals surface area contributed by atoms with Crippen LogP contribution in [0.1, 0.15) is 49.7 Å². The number of alkyl carbamates (subject to hydrolysis) is 1. The average molecular weight is 481 g/mol. The minimum atomic E-state index is -0.969. The molecular weight excluding hydrogens is 448 g/mol. The van der Waals surface area contributed by atoms with E-state index in [1.807, 2.05) is 31.2 Å². The molecule has 4 rings (SSSR count). The number of fused-ring (bicyclic) bond motifs is 3. The SMILES string of the molecule is CCCC[C@H](NC(=O)OCC1c2ccccc2-c2ccccc21)C(=O)N1CCOC(CC(=O)O)C1. The third-order valence-electron chi connectivity index (χ3n) is 6.63. The van der Waals surface area contributed by atoms with Crippen LogP contribution in [0.25, 0.3) is 11.1 Å². The normalized spacial score (nSPS) is 17.9. The third-order valence-corrected chi connectivity index (χ3v) is 6.63. The topological polar surface area (TPSA) is 105 Å². The number of benzene rings is 2. The van der Waals surface area contributed by atoms with Gasteiger partial charge in [0, 0.05) is 19.0 Å². The van der Waals surface area contributed by atoms with Crippen molar-refractivity contribution in [1.29, 1.82) is 0 Å². The standard InChI is InChI=1S/C27H32N2O6/c1-2-3-12-24(26(32)29-13-14-34-18(16-29)15-25(30)31)28-27(33)35-17-23-21-10-6-4-8-19(21)20-9-5-7-11-22(20)23/h4-11,18,23-24H,2-3,12-17H2,1H3,(H,28,33)(H,30,31)/t18?,24-/m0/s1. The predicted octanol–water partition coefficient (Wildman–Crippen LogP) is 3.79. The van der Waals surface area contributed by atoms with Gasteiger partial charge in [-0.15, -0.1) is 0 Å². The van der Waals surface area contributed by atoms with Crippen LogP contribution >= 0.6 is 0 Å². The summed E-state index contributed by atoms with van der Waals surface area (Å²) in [6.45, 7) is 3.03. The van der Waals surface area contributed by atoms with Crippen molar-refractivity contribution in [3.8, 4) is 11.1 Å². The summed E-state index contributed by atoms with van der Waals surface area (Å²) in [4.78, 5) is 38.6. The second-order valence-corrected chi connectivity index (χ2v) is 9.04. The number of carbonyl (C=O) groups excluding carboxylic acids is 2. The van der Waals surface area contributed by atoms with Gasteiger partial charge in [-0.05, 0) is 28.7 Å². The molecule has 1 aliphatic heterocycles. The zero-order chi connectivity index (χ0) is 24.8. The summed E-state index contributed by atoms with van der Waals surface area (Å²) in [5.41, 5.74) is 4.54. The van der Waals surface area contributed by atoms with E-state index in [-0.39, 0.29) is 38.0 Å². The molecule has 2 aromatic carbocycles. The number of nitrogens with one attached hydrogen (secondary N) is 1. The number of nitrogens with zero attached hydrogens (tertiary/aromatic N) is 1. The molecule has 0 spiro atoms. The van der Waals surface area contributed by atoms with E-state index in [4.69, 9.17) is 14.6 Å². The molecule has 1 saturated heterocycles. The average Bonchev–Trinajstić information content (AvgIpc) is 3.18. The largest absolute Gasteiger partial charge is 0.481 e. The second kappa shape index (κ2) is 11.4. The Balaban J connectivity index is 1.39. The van der Waals surface area contributed by atoms with Crippen LogP contribution in [0, 0.1) is 0 Å². The maximum absolute atomic E-state index is 13.2. The summed E-state index contributed by atoms with van der Waals surface area (Å²) in [6, 6.07) is 15.5. The number of ether oxygens (including phenoxy) is 2. The number of carbonyl (C=O) groups is 3. The molecule has 0 radical (unpaired) electrons. The maximum atomic E-state index is 13.2. The van der Waals surface area contributed by atoms with Crippen LogP contribution in [0.3, 0.4) is 0 Å². The molecule has 0 saturated carbocycles. The first kappa shape index (κ1) is 24.7. The van der Waals surface area contributed by atoms with E-state index >= 15 is 0 Å². The monoisotopic (exact) mass is 480 g/mol. The summed E-state index contributed by atoms with van der Waals surface area (Å²) in [5.74, 6) is -1.26. The molecule has 2 aromatic rings. The van der Waals surface area contributed by atoms with Gasteiger partial charge in [0.25, 0.3) is 0 Å². The lowest BCUT2D eigenvalue weighted by Crippen LogP contribution is -2.54. The number of hydrogen-bond acceptors (Lipinski definition) is 5. The summed E-state index contributed by atoms with van der Waals surface area (Å²) in [6.07, 6.45) is 0.788. The Morgan fingerprint density at radius 2 is 1.77 bits per heavy atom. The number of rotatable bonds is 9. The first-order valence-electron chi connectivity index (χ1n) is 12.2. The highest BCUT2D eigenvalue weighted by Crippen LogP contribution is 2.44. The lowest BCUT2D eigenvalue weighted by atomic mass is 9.98. The minimum Gasteiger partial charge on any atom is -0.481 e. The van der Waals surface area contributed by atoms with Gasteiger partial charge in [-0.25, -0.2) is 4.79 Å². The van der Waals surface area contributed by atoms with Gasteiger partial charge in [0.15, 0.2) is 0 Å². The van der Waals surface area contributed by atoms with Crippen LogP contribution in [0.15, 0.2) is 48.5 Å². The summed E-state index contributed by atoms with van der Waals surface area (Å²) >= 11 is 0. The highest BCUT2D eigenvalue weighted by Gasteiger charge is 2.32. The first-order valence-corrected chi connectivity index (χ1v) is 12.2. The predicted molar refractivity (Wildman–Crippen MR) is 130 cm³/mol. The summed E-state index contributed by atoms with van der Waals surface area (Å²) in [5, 5.41) is 11.8. The molecular formula is C27H32N2O6. The van der Waals surface area contributed by atoms with E-state index in [9.17, 15) is 14.4 Å². The highest BCUT2D eigenvalue weighted by molar-refractivity contribution is 5.86. The Hall–Kier alpha value is -3.39. The number of unbranched alkanes of at least 4 members (excludes halogenated alkanes) is 1. The molecule has 2 aliphatic rings. The molecule has 8 heteroatoms. The molecule has 2 atom stereocenters. The van der Waals surface area contributed by atoms with Crippen LogP contribution in [0.4, 0.5) is 4.79 Å². The number of hydrogen-bond donors (Lipinski definition) is 2. The van der Waals surface area contributed by atoms with Crippen molar-refractivity contribution < 1.29 is 29.0 Å². The van der Waals surface area contributed by atoms with Crippen LogP contribution in [-0.2, 0) is 19.1 Å². The van der Waals surface area contributed by atoms with Gasteiger partial charge < -0.3 is 24.8 Å². The van der Waals surface area contributed by atoms with Gasteiger partial charge in [0.1, 0.15) is 12.6 Å². The molecule has 1 aliphatic carbocycles. The third kappa shape index (κ3) is 5.82. The Bertz CT molecular complexity index is 1030. The van der Waals surface area contributed by atoms with Crippen molar-refractivity contribution in [3.63, 3.8) is 0 Å². The smallest absolute Gasteiger partial charge is 0.407 e. The van der Waals surface area contributed by atoms with Crippen LogP contribution < -0.4 is 5.32 Å².